The van der Waals surface area contributed by atoms with Crippen LogP contribution in [0.4, 0.5) is 0 Å². The minimum Gasteiger partial charge on any atom is -0.456 e. The number of allylic oxidation sites excluding steroid dienone is 2. The molecule has 0 saturated heterocycles. The van der Waals surface area contributed by atoms with Gasteiger partial charge in [-0.1, -0.05) is 91.5 Å². The highest BCUT2D eigenvalue weighted by Crippen LogP contribution is 2.37. The lowest BCUT2D eigenvalue weighted by Gasteiger charge is -2.11. The highest BCUT2D eigenvalue weighted by atomic mass is 16.3. The average Bonchev–Trinajstić information content (AvgIpc) is 3.66. The number of rotatable bonds is 6. The van der Waals surface area contributed by atoms with Crippen LogP contribution in [-0.4, -0.2) is 9.13 Å². The first-order valence-corrected chi connectivity index (χ1v) is 17.1. The van der Waals surface area contributed by atoms with Crippen molar-refractivity contribution >= 4 is 66.2 Å². The summed E-state index contributed by atoms with van der Waals surface area (Å²) in [5, 5.41) is 6.80. The van der Waals surface area contributed by atoms with Crippen LogP contribution in [0.1, 0.15) is 25.2 Å². The van der Waals surface area contributed by atoms with Crippen molar-refractivity contribution in [2.75, 3.05) is 0 Å². The Labute approximate surface area is 290 Å². The first-order valence-electron chi connectivity index (χ1n) is 17.1. The number of benzene rings is 6. The maximum Gasteiger partial charge on any atom is 0.136 e. The van der Waals surface area contributed by atoms with Gasteiger partial charge in [-0.25, -0.2) is 0 Å². The van der Waals surface area contributed by atoms with Crippen molar-refractivity contribution < 1.29 is 4.42 Å². The number of fused-ring (bicyclic) bond motifs is 7. The van der Waals surface area contributed by atoms with Gasteiger partial charge in [-0.15, -0.1) is 0 Å². The molecule has 0 aliphatic carbocycles. The van der Waals surface area contributed by atoms with Gasteiger partial charge in [0.05, 0.1) is 27.4 Å². The van der Waals surface area contributed by atoms with Gasteiger partial charge >= 0.3 is 0 Å². The molecule has 0 N–H and O–H groups in total. The molecule has 3 aromatic heterocycles. The van der Waals surface area contributed by atoms with Crippen LogP contribution in [0.3, 0.4) is 0 Å². The third-order valence-corrected chi connectivity index (χ3v) is 9.75. The second-order valence-corrected chi connectivity index (χ2v) is 12.9. The van der Waals surface area contributed by atoms with E-state index in [0.29, 0.717) is 6.67 Å². The summed E-state index contributed by atoms with van der Waals surface area (Å²) in [5.41, 5.74) is 10.9. The van der Waals surface area contributed by atoms with Crippen LogP contribution in [0, 0.1) is 0 Å². The Hall–Kier alpha value is -6.39. The fraction of sp³-hybridized carbons (Fsp3) is 0.0652. The molecule has 0 unspecified atom stereocenters. The molecule has 0 fully saturated rings. The van der Waals surface area contributed by atoms with Gasteiger partial charge in [0, 0.05) is 38.2 Å². The van der Waals surface area contributed by atoms with Gasteiger partial charge in [-0.3, -0.25) is 4.99 Å². The van der Waals surface area contributed by atoms with Crippen molar-refractivity contribution in [3.05, 3.63) is 169 Å². The maximum atomic E-state index is 6.33. The quantitative estimate of drug-likeness (QED) is 0.177. The zero-order valence-electron chi connectivity index (χ0n) is 28.1. The molecule has 9 aromatic rings. The number of hydrogen-bond acceptors (Lipinski definition) is 2. The Morgan fingerprint density at radius 1 is 0.640 bits per heavy atom. The summed E-state index contributed by atoms with van der Waals surface area (Å²) < 4.78 is 11.0. The second-order valence-electron chi connectivity index (χ2n) is 12.9. The Kier molecular flexibility index (Phi) is 7.10. The van der Waals surface area contributed by atoms with E-state index in [-0.39, 0.29) is 0 Å². The molecule has 3 heterocycles. The number of hydrogen-bond donors (Lipinski definition) is 0. The van der Waals surface area contributed by atoms with Crippen LogP contribution in [0.2, 0.25) is 0 Å². The monoisotopic (exact) mass is 645 g/mol. The SMILES string of the molecule is C=C(C)c1c(/C=C\C)oc2ccccc2c1=NCn1c2ccccc2c2cc(-c3ccc4c(c3)c3ccccc3n4-c3ccccc3)ccc21. The smallest absolute Gasteiger partial charge is 0.136 e. The molecule has 0 saturated carbocycles. The van der Waals surface area contributed by atoms with E-state index in [0.717, 1.165) is 49.9 Å². The van der Waals surface area contributed by atoms with Crippen molar-refractivity contribution in [3.8, 4) is 16.8 Å². The molecule has 4 heteroatoms. The van der Waals surface area contributed by atoms with E-state index in [4.69, 9.17) is 9.41 Å². The Morgan fingerprint density at radius 2 is 1.20 bits per heavy atom. The molecular weight excluding hydrogens is 611 g/mol. The van der Waals surface area contributed by atoms with E-state index >= 15 is 0 Å². The van der Waals surface area contributed by atoms with Gasteiger partial charge in [0.25, 0.3) is 0 Å². The van der Waals surface area contributed by atoms with Crippen LogP contribution in [0.15, 0.2) is 162 Å². The second kappa shape index (κ2) is 11.9. The van der Waals surface area contributed by atoms with Gasteiger partial charge in [-0.05, 0) is 97.3 Å². The molecule has 6 aromatic carbocycles. The summed E-state index contributed by atoms with van der Waals surface area (Å²) in [7, 11) is 0. The lowest BCUT2D eigenvalue weighted by atomic mass is 10.0. The largest absolute Gasteiger partial charge is 0.456 e. The van der Waals surface area contributed by atoms with Crippen molar-refractivity contribution in [1.82, 2.24) is 9.13 Å². The molecule has 0 aliphatic rings. The third-order valence-electron chi connectivity index (χ3n) is 9.75. The first kappa shape index (κ1) is 29.7. The molecule has 0 amide bonds. The van der Waals surface area contributed by atoms with E-state index in [1.54, 1.807) is 0 Å². The number of para-hydroxylation sites is 4. The topological polar surface area (TPSA) is 35.4 Å². The summed E-state index contributed by atoms with van der Waals surface area (Å²) >= 11 is 0. The van der Waals surface area contributed by atoms with Crippen molar-refractivity contribution in [3.63, 3.8) is 0 Å². The van der Waals surface area contributed by atoms with E-state index in [9.17, 15) is 0 Å². The summed E-state index contributed by atoms with van der Waals surface area (Å²) in [6.45, 7) is 8.78. The minimum atomic E-state index is 0.456. The highest BCUT2D eigenvalue weighted by molar-refractivity contribution is 6.12. The van der Waals surface area contributed by atoms with Gasteiger partial charge < -0.3 is 13.6 Å². The zero-order chi connectivity index (χ0) is 33.8. The summed E-state index contributed by atoms with van der Waals surface area (Å²) in [5.74, 6) is 0.771. The fourth-order valence-corrected chi connectivity index (χ4v) is 7.55. The summed E-state index contributed by atoms with van der Waals surface area (Å²) in [6.07, 6.45) is 3.99. The molecule has 0 atom stereocenters. The van der Waals surface area contributed by atoms with Crippen LogP contribution < -0.4 is 5.36 Å². The van der Waals surface area contributed by atoms with E-state index in [2.05, 4.69) is 137 Å². The lowest BCUT2D eigenvalue weighted by Crippen LogP contribution is -2.14. The molecule has 9 rings (SSSR count). The predicted molar refractivity (Wildman–Crippen MR) is 210 cm³/mol. The molecule has 50 heavy (non-hydrogen) atoms. The third kappa shape index (κ3) is 4.72. The van der Waals surface area contributed by atoms with Crippen LogP contribution in [-0.2, 0) is 6.67 Å². The van der Waals surface area contributed by atoms with Crippen molar-refractivity contribution in [2.24, 2.45) is 4.99 Å². The van der Waals surface area contributed by atoms with Crippen molar-refractivity contribution in [1.29, 1.82) is 0 Å². The van der Waals surface area contributed by atoms with E-state index < -0.39 is 0 Å². The molecule has 4 nitrogen and oxygen atoms in total. The standard InChI is InChI=1S/C46H35N3O/c1-4-14-44-45(30(2)3)46(36-19-10-13-22-43(36)50-44)47-29-48-39-20-11-8-17-34(39)37-27-31(23-25-40(37)48)32-24-26-42-38(28-32)35-18-9-12-21-41(35)49(42)33-15-6-5-7-16-33/h4-28H,2,29H2,1,3H3/b14-4-,47-46?. The summed E-state index contributed by atoms with van der Waals surface area (Å²) in [6, 6.07) is 49.7. The Bertz CT molecular complexity index is 2880. The number of nitrogens with zero attached hydrogens (tertiary/aromatic N) is 3. The highest BCUT2D eigenvalue weighted by Gasteiger charge is 2.16. The van der Waals surface area contributed by atoms with E-state index in [1.165, 1.54) is 43.7 Å². The van der Waals surface area contributed by atoms with E-state index in [1.807, 2.05) is 44.2 Å². The number of aromatic nitrogens is 2. The summed E-state index contributed by atoms with van der Waals surface area (Å²) in [4.78, 5) is 5.32. The van der Waals surface area contributed by atoms with Crippen LogP contribution in [0.25, 0.3) is 83.0 Å². The zero-order valence-corrected chi connectivity index (χ0v) is 28.1. The normalized spacial score (nSPS) is 12.4. The van der Waals surface area contributed by atoms with Crippen molar-refractivity contribution in [2.45, 2.75) is 20.5 Å². The van der Waals surface area contributed by atoms with Gasteiger partial charge in [0.15, 0.2) is 0 Å². The van der Waals surface area contributed by atoms with Gasteiger partial charge in [0.1, 0.15) is 18.0 Å². The molecular formula is C46H35N3O. The first-order chi connectivity index (χ1) is 24.6. The average molecular weight is 646 g/mol. The lowest BCUT2D eigenvalue weighted by molar-refractivity contribution is 0.586. The minimum absolute atomic E-state index is 0.456. The molecule has 0 aliphatic heterocycles. The molecule has 0 bridgehead atoms. The van der Waals surface area contributed by atoms with Crippen LogP contribution in [0.5, 0.6) is 0 Å². The molecule has 0 spiro atoms. The van der Waals surface area contributed by atoms with Crippen LogP contribution >= 0.6 is 0 Å². The van der Waals surface area contributed by atoms with Gasteiger partial charge in [0.2, 0.25) is 0 Å². The Morgan fingerprint density at radius 3 is 1.92 bits per heavy atom. The fourth-order valence-electron chi connectivity index (χ4n) is 7.55. The molecule has 240 valence electrons. The predicted octanol–water partition coefficient (Wildman–Crippen LogP) is 11.9. The maximum absolute atomic E-state index is 6.33. The Balaban J connectivity index is 1.21. The molecule has 0 radical (unpaired) electrons. The van der Waals surface area contributed by atoms with Gasteiger partial charge in [-0.2, -0.15) is 0 Å².